The van der Waals surface area contributed by atoms with Gasteiger partial charge >= 0.3 is 0 Å². The molecule has 0 aromatic carbocycles. The lowest BCUT2D eigenvalue weighted by molar-refractivity contribution is 0.276. The Morgan fingerprint density at radius 3 is 2.80 bits per heavy atom. The van der Waals surface area contributed by atoms with E-state index in [9.17, 15) is 4.79 Å². The van der Waals surface area contributed by atoms with E-state index in [1.165, 1.54) is 10.6 Å². The largest absolute Gasteiger partial charge is 0.395 e. The number of aliphatic hydroxyl groups is 1. The molecule has 0 spiro atoms. The summed E-state index contributed by atoms with van der Waals surface area (Å²) >= 11 is 3.25. The quantitative estimate of drug-likeness (QED) is 0.832. The number of halogens is 1. The Morgan fingerprint density at radius 1 is 1.33 bits per heavy atom. The number of hydrogen-bond acceptors (Lipinski definition) is 3. The summed E-state index contributed by atoms with van der Waals surface area (Å²) < 4.78 is 2.13. The number of rotatable bonds is 2. The summed E-state index contributed by atoms with van der Waals surface area (Å²) in [5.41, 5.74) is 0.438. The van der Waals surface area contributed by atoms with Crippen molar-refractivity contribution in [1.29, 1.82) is 0 Å². The monoisotopic (exact) mass is 268 g/mol. The standard InChI is InChI=1S/C10H9BrN2O2/c11-8-3-1-7-2-4-9(15)13(5-6-14)10(7)12-8/h1-4,14H,5-6H2. The highest BCUT2D eigenvalue weighted by Crippen LogP contribution is 2.13. The van der Waals surface area contributed by atoms with E-state index in [0.29, 0.717) is 10.3 Å². The zero-order valence-corrected chi connectivity index (χ0v) is 9.44. The molecule has 0 fully saturated rings. The van der Waals surface area contributed by atoms with Crippen molar-refractivity contribution in [3.05, 3.63) is 39.2 Å². The molecule has 0 unspecified atom stereocenters. The molecule has 0 amide bonds. The van der Waals surface area contributed by atoms with Gasteiger partial charge in [-0.2, -0.15) is 0 Å². The van der Waals surface area contributed by atoms with Gasteiger partial charge in [-0.3, -0.25) is 9.36 Å². The maximum atomic E-state index is 11.5. The molecule has 2 aromatic rings. The van der Waals surface area contributed by atoms with E-state index in [0.717, 1.165) is 5.39 Å². The van der Waals surface area contributed by atoms with Crippen LogP contribution in [-0.2, 0) is 6.54 Å². The maximum absolute atomic E-state index is 11.5. The fourth-order valence-electron chi connectivity index (χ4n) is 1.45. The van der Waals surface area contributed by atoms with Crippen molar-refractivity contribution in [2.45, 2.75) is 6.54 Å². The molecule has 78 valence electrons. The van der Waals surface area contributed by atoms with Gasteiger partial charge in [0.05, 0.1) is 13.2 Å². The summed E-state index contributed by atoms with van der Waals surface area (Å²) in [5, 5.41) is 9.75. The highest BCUT2D eigenvalue weighted by molar-refractivity contribution is 9.10. The molecule has 1 N–H and O–H groups in total. The number of fused-ring (bicyclic) bond motifs is 1. The lowest BCUT2D eigenvalue weighted by atomic mass is 10.3. The lowest BCUT2D eigenvalue weighted by Gasteiger charge is -2.07. The first-order valence-corrected chi connectivity index (χ1v) is 5.28. The van der Waals surface area contributed by atoms with Crippen LogP contribution in [-0.4, -0.2) is 21.3 Å². The van der Waals surface area contributed by atoms with Crippen molar-refractivity contribution < 1.29 is 5.11 Å². The van der Waals surface area contributed by atoms with Crippen molar-refractivity contribution in [1.82, 2.24) is 9.55 Å². The molecule has 0 aliphatic carbocycles. The molecule has 15 heavy (non-hydrogen) atoms. The summed E-state index contributed by atoms with van der Waals surface area (Å²) in [7, 11) is 0. The summed E-state index contributed by atoms with van der Waals surface area (Å²) in [6, 6.07) is 6.90. The molecule has 0 aliphatic rings. The van der Waals surface area contributed by atoms with Crippen LogP contribution in [0.1, 0.15) is 0 Å². The molecule has 0 bridgehead atoms. The molecule has 0 saturated heterocycles. The van der Waals surface area contributed by atoms with Gasteiger partial charge in [0.25, 0.3) is 5.56 Å². The molecular weight excluding hydrogens is 260 g/mol. The Labute approximate surface area is 94.3 Å². The fraction of sp³-hybridized carbons (Fsp3) is 0.200. The smallest absolute Gasteiger partial charge is 0.252 e. The van der Waals surface area contributed by atoms with Crippen molar-refractivity contribution in [3.63, 3.8) is 0 Å². The van der Waals surface area contributed by atoms with Gasteiger partial charge in [0, 0.05) is 11.5 Å². The number of hydrogen-bond donors (Lipinski definition) is 1. The lowest BCUT2D eigenvalue weighted by Crippen LogP contribution is -2.21. The Morgan fingerprint density at radius 2 is 2.07 bits per heavy atom. The molecule has 2 aromatic heterocycles. The molecule has 0 atom stereocenters. The van der Waals surface area contributed by atoms with Crippen molar-refractivity contribution in [2.24, 2.45) is 0 Å². The summed E-state index contributed by atoms with van der Waals surface area (Å²) in [4.78, 5) is 15.8. The van der Waals surface area contributed by atoms with E-state index < -0.39 is 0 Å². The van der Waals surface area contributed by atoms with E-state index in [2.05, 4.69) is 20.9 Å². The first-order valence-electron chi connectivity index (χ1n) is 4.49. The second-order valence-electron chi connectivity index (χ2n) is 3.09. The topological polar surface area (TPSA) is 55.1 Å². The predicted molar refractivity (Wildman–Crippen MR) is 60.8 cm³/mol. The van der Waals surface area contributed by atoms with Crippen molar-refractivity contribution in [3.8, 4) is 0 Å². The second kappa shape index (κ2) is 4.12. The molecule has 0 saturated carbocycles. The van der Waals surface area contributed by atoms with Gasteiger partial charge in [0.15, 0.2) is 0 Å². The van der Waals surface area contributed by atoms with Crippen LogP contribution in [0, 0.1) is 0 Å². The van der Waals surface area contributed by atoms with Gasteiger partial charge < -0.3 is 5.11 Å². The third kappa shape index (κ3) is 1.93. The van der Waals surface area contributed by atoms with Crippen LogP contribution in [0.2, 0.25) is 0 Å². The van der Waals surface area contributed by atoms with E-state index in [1.54, 1.807) is 6.07 Å². The van der Waals surface area contributed by atoms with Gasteiger partial charge in [-0.1, -0.05) is 0 Å². The van der Waals surface area contributed by atoms with Gasteiger partial charge in [-0.15, -0.1) is 0 Å². The normalized spacial score (nSPS) is 10.8. The minimum absolute atomic E-state index is 0.0762. The zero-order valence-electron chi connectivity index (χ0n) is 7.85. The Bertz CT molecular complexity index is 551. The van der Waals surface area contributed by atoms with Gasteiger partial charge in [0.1, 0.15) is 10.3 Å². The predicted octanol–water partition coefficient (Wildman–Crippen LogP) is 1.15. The second-order valence-corrected chi connectivity index (χ2v) is 3.91. The van der Waals surface area contributed by atoms with Crippen LogP contribution >= 0.6 is 15.9 Å². The summed E-state index contributed by atoms with van der Waals surface area (Å²) in [6.45, 7) is 0.187. The molecule has 0 radical (unpaired) electrons. The summed E-state index contributed by atoms with van der Waals surface area (Å²) in [5.74, 6) is 0. The maximum Gasteiger partial charge on any atom is 0.252 e. The first kappa shape index (κ1) is 10.3. The molecule has 4 nitrogen and oxygen atoms in total. The van der Waals surface area contributed by atoms with Crippen molar-refractivity contribution in [2.75, 3.05) is 6.61 Å². The number of pyridine rings is 2. The zero-order chi connectivity index (χ0) is 10.8. The minimum atomic E-state index is -0.151. The Kier molecular flexibility index (Phi) is 2.83. The molecular formula is C10H9BrN2O2. The number of aliphatic hydroxyl groups excluding tert-OH is 1. The SMILES string of the molecule is O=c1ccc2ccc(Br)nc2n1CCO. The minimum Gasteiger partial charge on any atom is -0.395 e. The van der Waals surface area contributed by atoms with Gasteiger partial charge in [-0.25, -0.2) is 4.98 Å². The van der Waals surface area contributed by atoms with Gasteiger partial charge in [-0.05, 0) is 34.1 Å². The van der Waals surface area contributed by atoms with E-state index in [4.69, 9.17) is 5.11 Å². The fourth-order valence-corrected chi connectivity index (χ4v) is 1.75. The van der Waals surface area contributed by atoms with Crippen molar-refractivity contribution >= 4 is 27.0 Å². The number of nitrogens with zero attached hydrogens (tertiary/aromatic N) is 2. The van der Waals surface area contributed by atoms with Crippen LogP contribution in [0.3, 0.4) is 0 Å². The van der Waals surface area contributed by atoms with E-state index >= 15 is 0 Å². The molecule has 2 heterocycles. The van der Waals surface area contributed by atoms with Crippen LogP contribution in [0.4, 0.5) is 0 Å². The van der Waals surface area contributed by atoms with E-state index in [1.807, 2.05) is 12.1 Å². The first-order chi connectivity index (χ1) is 7.22. The van der Waals surface area contributed by atoms with Gasteiger partial charge in [0.2, 0.25) is 0 Å². The molecule has 2 rings (SSSR count). The Balaban J connectivity index is 2.78. The van der Waals surface area contributed by atoms with Crippen LogP contribution in [0.25, 0.3) is 11.0 Å². The highest BCUT2D eigenvalue weighted by atomic mass is 79.9. The van der Waals surface area contributed by atoms with Crippen LogP contribution < -0.4 is 5.56 Å². The third-order valence-electron chi connectivity index (χ3n) is 2.12. The van der Waals surface area contributed by atoms with Crippen LogP contribution in [0.5, 0.6) is 0 Å². The number of aromatic nitrogens is 2. The third-order valence-corrected chi connectivity index (χ3v) is 2.56. The van der Waals surface area contributed by atoms with Crippen LogP contribution in [0.15, 0.2) is 33.7 Å². The Hall–Kier alpha value is -1.20. The van der Waals surface area contributed by atoms with E-state index in [-0.39, 0.29) is 18.7 Å². The highest BCUT2D eigenvalue weighted by Gasteiger charge is 2.03. The molecule has 5 heteroatoms. The average Bonchev–Trinajstić information content (AvgIpc) is 2.23. The summed E-state index contributed by atoms with van der Waals surface area (Å²) in [6.07, 6.45) is 0. The average molecular weight is 269 g/mol. The molecule has 0 aliphatic heterocycles.